The van der Waals surface area contributed by atoms with Gasteiger partial charge in [0.05, 0.1) is 0 Å². The van der Waals surface area contributed by atoms with Crippen molar-refractivity contribution in [2.45, 2.75) is 53.5 Å². The van der Waals surface area contributed by atoms with Gasteiger partial charge in [0.25, 0.3) is 0 Å². The summed E-state index contributed by atoms with van der Waals surface area (Å²) in [7, 11) is 0. The van der Waals surface area contributed by atoms with Crippen molar-refractivity contribution in [1.82, 2.24) is 10.6 Å². The number of carbonyl (C=O) groups is 1. The lowest BCUT2D eigenvalue weighted by Crippen LogP contribution is -2.50. The van der Waals surface area contributed by atoms with E-state index >= 15 is 0 Å². The Balaban J connectivity index is 2.58. The van der Waals surface area contributed by atoms with Crippen LogP contribution in [0.15, 0.2) is 0 Å². The van der Waals surface area contributed by atoms with Crippen LogP contribution < -0.4 is 10.6 Å². The molecule has 0 saturated carbocycles. The first-order valence-corrected chi connectivity index (χ1v) is 6.87. The Bertz CT molecular complexity index is 255. The normalized spacial score (nSPS) is 23.5. The van der Waals surface area contributed by atoms with Gasteiger partial charge in [-0.05, 0) is 44.7 Å². The van der Waals surface area contributed by atoms with Crippen LogP contribution in [0.4, 0.5) is 0 Å². The molecule has 1 aliphatic heterocycles. The predicted octanol–water partition coefficient (Wildman–Crippen LogP) is 2.17. The highest BCUT2D eigenvalue weighted by atomic mass is 16.2. The largest absolute Gasteiger partial charge is 0.353 e. The molecule has 1 amide bonds. The van der Waals surface area contributed by atoms with Crippen molar-refractivity contribution in [3.05, 3.63) is 0 Å². The Morgan fingerprint density at radius 3 is 2.47 bits per heavy atom. The summed E-state index contributed by atoms with van der Waals surface area (Å²) in [4.78, 5) is 12.3. The van der Waals surface area contributed by atoms with Gasteiger partial charge in [-0.25, -0.2) is 0 Å². The van der Waals surface area contributed by atoms with E-state index in [-0.39, 0.29) is 17.4 Å². The molecule has 0 bridgehead atoms. The molecule has 1 saturated heterocycles. The van der Waals surface area contributed by atoms with Crippen LogP contribution in [0.5, 0.6) is 0 Å². The van der Waals surface area contributed by atoms with E-state index in [1.807, 2.05) is 0 Å². The molecule has 0 radical (unpaired) electrons. The molecule has 1 aliphatic rings. The monoisotopic (exact) mass is 240 g/mol. The summed E-state index contributed by atoms with van der Waals surface area (Å²) in [5.41, 5.74) is -0.267. The summed E-state index contributed by atoms with van der Waals surface area (Å²) in [6, 6.07) is 0.248. The Morgan fingerprint density at radius 1 is 1.35 bits per heavy atom. The quantitative estimate of drug-likeness (QED) is 0.791. The molecule has 2 atom stereocenters. The van der Waals surface area contributed by atoms with Gasteiger partial charge < -0.3 is 10.6 Å². The third-order valence-electron chi connectivity index (χ3n) is 4.26. The van der Waals surface area contributed by atoms with E-state index in [0.717, 1.165) is 19.5 Å². The molecule has 1 heterocycles. The molecular weight excluding hydrogens is 212 g/mol. The smallest absolute Gasteiger partial charge is 0.226 e. The van der Waals surface area contributed by atoms with E-state index in [9.17, 15) is 4.79 Å². The molecule has 3 nitrogen and oxygen atoms in total. The van der Waals surface area contributed by atoms with Crippen molar-refractivity contribution in [2.24, 2.45) is 17.3 Å². The van der Waals surface area contributed by atoms with Gasteiger partial charge in [-0.1, -0.05) is 27.7 Å². The maximum absolute atomic E-state index is 12.3. The standard InChI is InChI=1S/C14H28N2O/c1-10(2)11(3)16-13(17)14(4,5)12-7-6-8-15-9-12/h10-12,15H,6-9H2,1-5H3,(H,16,17). The Morgan fingerprint density at radius 2 is 2.00 bits per heavy atom. The second-order valence-corrected chi connectivity index (χ2v) is 6.27. The molecule has 1 rings (SSSR count). The SMILES string of the molecule is CC(C)C(C)NC(=O)C(C)(C)C1CCCNC1. The van der Waals surface area contributed by atoms with Crippen molar-refractivity contribution < 1.29 is 4.79 Å². The minimum absolute atomic E-state index is 0.201. The second-order valence-electron chi connectivity index (χ2n) is 6.27. The third kappa shape index (κ3) is 3.70. The van der Waals surface area contributed by atoms with Gasteiger partial charge in [0.1, 0.15) is 0 Å². The van der Waals surface area contributed by atoms with Gasteiger partial charge in [-0.2, -0.15) is 0 Å². The third-order valence-corrected chi connectivity index (χ3v) is 4.26. The van der Waals surface area contributed by atoms with Crippen LogP contribution in [0.3, 0.4) is 0 Å². The molecule has 2 N–H and O–H groups in total. The first kappa shape index (κ1) is 14.5. The minimum atomic E-state index is -0.267. The van der Waals surface area contributed by atoms with Crippen LogP contribution in [-0.4, -0.2) is 25.0 Å². The highest BCUT2D eigenvalue weighted by Gasteiger charge is 2.37. The number of carbonyl (C=O) groups excluding carboxylic acids is 1. The molecule has 17 heavy (non-hydrogen) atoms. The van der Waals surface area contributed by atoms with Crippen LogP contribution in [0.25, 0.3) is 0 Å². The first-order valence-electron chi connectivity index (χ1n) is 6.87. The summed E-state index contributed by atoms with van der Waals surface area (Å²) in [6.45, 7) is 12.6. The molecule has 3 heteroatoms. The predicted molar refractivity (Wildman–Crippen MR) is 71.8 cm³/mol. The fourth-order valence-electron chi connectivity index (χ4n) is 2.21. The van der Waals surface area contributed by atoms with E-state index in [1.54, 1.807) is 0 Å². The Labute approximate surface area is 106 Å². The topological polar surface area (TPSA) is 41.1 Å². The van der Waals surface area contributed by atoms with Gasteiger partial charge in [0.15, 0.2) is 0 Å². The van der Waals surface area contributed by atoms with Crippen molar-refractivity contribution in [2.75, 3.05) is 13.1 Å². The van der Waals surface area contributed by atoms with Crippen molar-refractivity contribution in [3.8, 4) is 0 Å². The number of rotatable bonds is 4. The molecular formula is C14H28N2O. The maximum Gasteiger partial charge on any atom is 0.226 e. The summed E-state index contributed by atoms with van der Waals surface area (Å²) >= 11 is 0. The van der Waals surface area contributed by atoms with Crippen LogP contribution in [0.2, 0.25) is 0 Å². The number of nitrogens with one attached hydrogen (secondary N) is 2. The second kappa shape index (κ2) is 5.85. The summed E-state index contributed by atoms with van der Waals surface area (Å²) in [5.74, 6) is 1.14. The van der Waals surface area contributed by atoms with Crippen molar-refractivity contribution >= 4 is 5.91 Å². The van der Waals surface area contributed by atoms with E-state index in [0.29, 0.717) is 11.8 Å². The fourth-order valence-corrected chi connectivity index (χ4v) is 2.21. The van der Waals surface area contributed by atoms with Crippen molar-refractivity contribution in [1.29, 1.82) is 0 Å². The van der Waals surface area contributed by atoms with Gasteiger partial charge in [0.2, 0.25) is 5.91 Å². The lowest BCUT2D eigenvalue weighted by molar-refractivity contribution is -0.133. The van der Waals surface area contributed by atoms with Gasteiger partial charge in [-0.3, -0.25) is 4.79 Å². The molecule has 0 aliphatic carbocycles. The zero-order chi connectivity index (χ0) is 13.1. The Hall–Kier alpha value is -0.570. The van der Waals surface area contributed by atoms with E-state index in [4.69, 9.17) is 0 Å². The van der Waals surface area contributed by atoms with Crippen LogP contribution in [0.1, 0.15) is 47.5 Å². The zero-order valence-corrected chi connectivity index (χ0v) is 12.0. The molecule has 1 fully saturated rings. The molecule has 0 spiro atoms. The van der Waals surface area contributed by atoms with E-state index in [1.165, 1.54) is 6.42 Å². The van der Waals surface area contributed by atoms with E-state index in [2.05, 4.69) is 45.3 Å². The number of piperidine rings is 1. The van der Waals surface area contributed by atoms with Gasteiger partial charge in [-0.15, -0.1) is 0 Å². The van der Waals surface area contributed by atoms with Gasteiger partial charge in [0, 0.05) is 11.5 Å². The molecule has 0 aromatic carbocycles. The summed E-state index contributed by atoms with van der Waals surface area (Å²) < 4.78 is 0. The molecule has 0 aromatic heterocycles. The average Bonchev–Trinajstić information content (AvgIpc) is 2.29. The van der Waals surface area contributed by atoms with Crippen LogP contribution in [0, 0.1) is 17.3 Å². The van der Waals surface area contributed by atoms with Gasteiger partial charge >= 0.3 is 0 Å². The Kier molecular flexibility index (Phi) is 4.99. The average molecular weight is 240 g/mol. The maximum atomic E-state index is 12.3. The summed E-state index contributed by atoms with van der Waals surface area (Å²) in [5, 5.41) is 6.54. The molecule has 0 aromatic rings. The lowest BCUT2D eigenvalue weighted by atomic mass is 9.74. The van der Waals surface area contributed by atoms with E-state index < -0.39 is 0 Å². The highest BCUT2D eigenvalue weighted by Crippen LogP contribution is 2.32. The fraction of sp³-hybridized carbons (Fsp3) is 0.929. The number of hydrogen-bond donors (Lipinski definition) is 2. The zero-order valence-electron chi connectivity index (χ0n) is 12.0. The number of hydrogen-bond acceptors (Lipinski definition) is 2. The molecule has 2 unspecified atom stereocenters. The lowest BCUT2D eigenvalue weighted by Gasteiger charge is -2.37. The van der Waals surface area contributed by atoms with Crippen LogP contribution in [-0.2, 0) is 4.79 Å². The number of amides is 1. The van der Waals surface area contributed by atoms with Crippen LogP contribution >= 0.6 is 0 Å². The highest BCUT2D eigenvalue weighted by molar-refractivity contribution is 5.82. The summed E-state index contributed by atoms with van der Waals surface area (Å²) in [6.07, 6.45) is 2.34. The van der Waals surface area contributed by atoms with Crippen molar-refractivity contribution in [3.63, 3.8) is 0 Å². The molecule has 100 valence electrons. The first-order chi connectivity index (χ1) is 7.85. The minimum Gasteiger partial charge on any atom is -0.353 e.